The summed E-state index contributed by atoms with van der Waals surface area (Å²) in [7, 11) is 0. The first-order valence-corrected chi connectivity index (χ1v) is 6.69. The van der Waals surface area contributed by atoms with E-state index in [0.29, 0.717) is 0 Å². The summed E-state index contributed by atoms with van der Waals surface area (Å²) >= 11 is 0. The first-order valence-electron chi connectivity index (χ1n) is 6.69. The standard InChI is InChI=1S/C13H21N3O/c17-13(12-5-2-1-3-6-12)15-7-4-9-16-10-8-14-11-16/h8,10-12H,1-7,9H2,(H,15,17)/p+1. The third-order valence-corrected chi connectivity index (χ3v) is 3.53. The fraction of sp³-hybridized carbons (Fsp3) is 0.692. The molecular formula is C13H22N3O+. The maximum atomic E-state index is 11.8. The van der Waals surface area contributed by atoms with E-state index < -0.39 is 0 Å². The molecule has 1 fully saturated rings. The normalized spacial score (nSPS) is 24.1. The molecule has 1 heterocycles. The molecule has 0 saturated heterocycles. The van der Waals surface area contributed by atoms with Crippen LogP contribution >= 0.6 is 0 Å². The van der Waals surface area contributed by atoms with Crippen molar-refractivity contribution in [1.29, 1.82) is 0 Å². The summed E-state index contributed by atoms with van der Waals surface area (Å²) in [5.74, 6) is 0.551. The third-order valence-electron chi connectivity index (χ3n) is 3.53. The summed E-state index contributed by atoms with van der Waals surface area (Å²) in [5.41, 5.74) is 0. The lowest BCUT2D eigenvalue weighted by Gasteiger charge is -2.20. The van der Waals surface area contributed by atoms with Gasteiger partial charge in [-0.1, -0.05) is 19.3 Å². The second kappa shape index (κ2) is 6.55. The van der Waals surface area contributed by atoms with Crippen LogP contribution < -0.4 is 10.2 Å². The summed E-state index contributed by atoms with van der Waals surface area (Å²) in [6.07, 6.45) is 12.6. The lowest BCUT2D eigenvalue weighted by molar-refractivity contribution is -0.736. The van der Waals surface area contributed by atoms with Crippen LogP contribution in [0.2, 0.25) is 0 Å². The number of aliphatic imine (C=N–C) groups is 1. The highest BCUT2D eigenvalue weighted by atomic mass is 16.1. The van der Waals surface area contributed by atoms with Gasteiger partial charge in [0.15, 0.2) is 6.34 Å². The Balaban J connectivity index is 1.56. The Morgan fingerprint density at radius 3 is 2.88 bits per heavy atom. The zero-order valence-electron chi connectivity index (χ0n) is 10.3. The van der Waals surface area contributed by atoms with Gasteiger partial charge in [0, 0.05) is 18.9 Å². The van der Waals surface area contributed by atoms with Crippen LogP contribution in [0.25, 0.3) is 0 Å². The van der Waals surface area contributed by atoms with Gasteiger partial charge >= 0.3 is 0 Å². The Morgan fingerprint density at radius 1 is 1.35 bits per heavy atom. The number of hydrogen-bond donors (Lipinski definition) is 2. The molecule has 0 aromatic carbocycles. The molecule has 17 heavy (non-hydrogen) atoms. The summed E-state index contributed by atoms with van der Waals surface area (Å²) in [5, 5.41) is 3.06. The Labute approximate surface area is 103 Å². The zero-order chi connectivity index (χ0) is 11.9. The molecule has 1 aliphatic heterocycles. The quantitative estimate of drug-likeness (QED) is 0.670. The summed E-state index contributed by atoms with van der Waals surface area (Å²) in [6.45, 7) is 1.80. The predicted molar refractivity (Wildman–Crippen MR) is 67.7 cm³/mol. The van der Waals surface area contributed by atoms with Crippen molar-refractivity contribution in [2.24, 2.45) is 10.9 Å². The molecule has 2 N–H and O–H groups in total. The molecule has 1 unspecified atom stereocenters. The van der Waals surface area contributed by atoms with E-state index in [1.807, 2.05) is 18.7 Å². The molecule has 4 heteroatoms. The fourth-order valence-electron chi connectivity index (χ4n) is 2.48. The van der Waals surface area contributed by atoms with Gasteiger partial charge in [-0.25, -0.2) is 4.99 Å². The van der Waals surface area contributed by atoms with Crippen molar-refractivity contribution >= 4 is 12.2 Å². The lowest BCUT2D eigenvalue weighted by atomic mass is 9.89. The monoisotopic (exact) mass is 236 g/mol. The average molecular weight is 236 g/mol. The van der Waals surface area contributed by atoms with Crippen molar-refractivity contribution in [2.45, 2.75) is 38.5 Å². The summed E-state index contributed by atoms with van der Waals surface area (Å²) < 4.78 is 0. The molecule has 0 bridgehead atoms. The molecule has 1 saturated carbocycles. The number of amides is 1. The number of carbonyl (C=O) groups excluding carboxylic acids is 1. The van der Waals surface area contributed by atoms with Crippen LogP contribution in [0.4, 0.5) is 0 Å². The largest absolute Gasteiger partial charge is 0.356 e. The molecule has 0 radical (unpaired) electrons. The minimum Gasteiger partial charge on any atom is -0.356 e. The third kappa shape index (κ3) is 3.97. The van der Waals surface area contributed by atoms with Gasteiger partial charge in [-0.15, -0.1) is 0 Å². The van der Waals surface area contributed by atoms with E-state index in [0.717, 1.165) is 32.4 Å². The van der Waals surface area contributed by atoms with Gasteiger partial charge in [-0.05, 0) is 12.8 Å². The molecule has 2 aliphatic rings. The average Bonchev–Trinajstić information content (AvgIpc) is 2.88. The van der Waals surface area contributed by atoms with E-state index in [-0.39, 0.29) is 11.8 Å². The van der Waals surface area contributed by atoms with Crippen molar-refractivity contribution < 1.29 is 9.69 Å². The van der Waals surface area contributed by atoms with Crippen LogP contribution in [0.3, 0.4) is 0 Å². The predicted octanol–water partition coefficient (Wildman–Crippen LogP) is 0.471. The topological polar surface area (TPSA) is 45.9 Å². The number of hydrogen-bond acceptors (Lipinski definition) is 2. The molecular weight excluding hydrogens is 214 g/mol. The number of rotatable bonds is 5. The Bertz CT molecular complexity index is 294. The molecule has 1 amide bonds. The van der Waals surface area contributed by atoms with Gasteiger partial charge < -0.3 is 5.32 Å². The highest BCUT2D eigenvalue weighted by molar-refractivity contribution is 5.78. The van der Waals surface area contributed by atoms with E-state index in [1.165, 1.54) is 24.2 Å². The second-order valence-corrected chi connectivity index (χ2v) is 4.90. The van der Waals surface area contributed by atoms with E-state index >= 15 is 0 Å². The van der Waals surface area contributed by atoms with Crippen molar-refractivity contribution in [3.05, 3.63) is 12.4 Å². The lowest BCUT2D eigenvalue weighted by Crippen LogP contribution is -3.05. The molecule has 94 valence electrons. The molecule has 1 atom stereocenters. The highest BCUT2D eigenvalue weighted by Gasteiger charge is 2.20. The second-order valence-electron chi connectivity index (χ2n) is 4.90. The van der Waals surface area contributed by atoms with E-state index in [1.54, 1.807) is 0 Å². The molecule has 4 nitrogen and oxygen atoms in total. The van der Waals surface area contributed by atoms with Crippen LogP contribution in [0.15, 0.2) is 17.4 Å². The molecule has 0 spiro atoms. The maximum absolute atomic E-state index is 11.8. The van der Waals surface area contributed by atoms with Gasteiger partial charge in [-0.2, -0.15) is 0 Å². The first kappa shape index (κ1) is 12.3. The minimum absolute atomic E-state index is 0.269. The SMILES string of the molecule is O=C(NCCC[NH+]1C=CN=C1)C1CCCCC1. The van der Waals surface area contributed by atoms with Gasteiger partial charge in [0.1, 0.15) is 6.20 Å². The van der Waals surface area contributed by atoms with E-state index in [4.69, 9.17) is 0 Å². The van der Waals surface area contributed by atoms with Crippen LogP contribution in [-0.2, 0) is 4.79 Å². The Morgan fingerprint density at radius 2 is 2.18 bits per heavy atom. The molecule has 2 rings (SSSR count). The number of nitrogens with zero attached hydrogens (tertiary/aromatic N) is 1. The number of quaternary nitrogens is 1. The van der Waals surface area contributed by atoms with Crippen molar-refractivity contribution in [1.82, 2.24) is 5.32 Å². The molecule has 0 aromatic rings. The van der Waals surface area contributed by atoms with Crippen molar-refractivity contribution in [2.75, 3.05) is 13.1 Å². The maximum Gasteiger partial charge on any atom is 0.223 e. The number of nitrogens with one attached hydrogen (secondary N) is 2. The van der Waals surface area contributed by atoms with E-state index in [9.17, 15) is 4.79 Å². The summed E-state index contributed by atoms with van der Waals surface area (Å²) in [4.78, 5) is 17.1. The van der Waals surface area contributed by atoms with Crippen molar-refractivity contribution in [3.8, 4) is 0 Å². The van der Waals surface area contributed by atoms with Gasteiger partial charge in [0.25, 0.3) is 0 Å². The first-order chi connectivity index (χ1) is 8.36. The molecule has 1 aliphatic carbocycles. The van der Waals surface area contributed by atoms with Gasteiger partial charge in [0.05, 0.1) is 12.7 Å². The fourth-order valence-corrected chi connectivity index (χ4v) is 2.48. The van der Waals surface area contributed by atoms with Gasteiger partial charge in [-0.3, -0.25) is 9.69 Å². The summed E-state index contributed by atoms with van der Waals surface area (Å²) in [6, 6.07) is 0. The highest BCUT2D eigenvalue weighted by Crippen LogP contribution is 2.23. The van der Waals surface area contributed by atoms with Gasteiger partial charge in [0.2, 0.25) is 5.91 Å². The zero-order valence-corrected chi connectivity index (χ0v) is 10.3. The van der Waals surface area contributed by atoms with Crippen LogP contribution in [0, 0.1) is 5.92 Å². The minimum atomic E-state index is 0.269. The Hall–Kier alpha value is -1.16. The smallest absolute Gasteiger partial charge is 0.223 e. The van der Waals surface area contributed by atoms with Crippen LogP contribution in [0.5, 0.6) is 0 Å². The van der Waals surface area contributed by atoms with Crippen LogP contribution in [0.1, 0.15) is 38.5 Å². The molecule has 0 aromatic heterocycles. The van der Waals surface area contributed by atoms with Crippen LogP contribution in [-0.4, -0.2) is 25.3 Å². The Kier molecular flexibility index (Phi) is 4.74. The van der Waals surface area contributed by atoms with Crippen molar-refractivity contribution in [3.63, 3.8) is 0 Å². The number of carbonyl (C=O) groups is 1. The van der Waals surface area contributed by atoms with E-state index in [2.05, 4.69) is 10.3 Å².